The smallest absolute Gasteiger partial charge is 0.191 e. The van der Waals surface area contributed by atoms with E-state index in [9.17, 15) is 12.8 Å². The maximum absolute atomic E-state index is 13.6. The van der Waals surface area contributed by atoms with E-state index in [1.165, 1.54) is 6.07 Å². The van der Waals surface area contributed by atoms with E-state index >= 15 is 0 Å². The minimum absolute atomic E-state index is 0. The largest absolute Gasteiger partial charge is 0.357 e. The predicted octanol–water partition coefficient (Wildman–Crippen LogP) is 3.28. The molecule has 0 bridgehead atoms. The third kappa shape index (κ3) is 7.45. The Kier molecular flexibility index (Phi) is 9.71. The normalized spacial score (nSPS) is 11.6. The summed E-state index contributed by atoms with van der Waals surface area (Å²) < 4.78 is 38.2. The van der Waals surface area contributed by atoms with Crippen molar-refractivity contribution in [3.8, 4) is 0 Å². The molecule has 0 amide bonds. The van der Waals surface area contributed by atoms with Crippen molar-refractivity contribution in [3.05, 3.63) is 65.5 Å². The lowest BCUT2D eigenvalue weighted by atomic mass is 10.1. The molecule has 8 heteroatoms. The zero-order valence-electron chi connectivity index (χ0n) is 15.4. The summed E-state index contributed by atoms with van der Waals surface area (Å²) >= 11 is 0. The number of hydrogen-bond acceptors (Lipinski definition) is 3. The van der Waals surface area contributed by atoms with E-state index in [2.05, 4.69) is 15.6 Å². The fourth-order valence-corrected chi connectivity index (χ4v) is 3.47. The highest BCUT2D eigenvalue weighted by atomic mass is 127. The third-order valence-electron chi connectivity index (χ3n) is 3.77. The van der Waals surface area contributed by atoms with Crippen molar-refractivity contribution in [1.29, 1.82) is 0 Å². The number of nitrogens with one attached hydrogen (secondary N) is 2. The van der Waals surface area contributed by atoms with Crippen molar-refractivity contribution >= 4 is 39.8 Å². The molecule has 0 heterocycles. The van der Waals surface area contributed by atoms with Crippen molar-refractivity contribution < 1.29 is 12.8 Å². The molecular formula is C19H25FIN3O2S. The van der Waals surface area contributed by atoms with Gasteiger partial charge >= 0.3 is 0 Å². The molecule has 5 nitrogen and oxygen atoms in total. The van der Waals surface area contributed by atoms with Gasteiger partial charge in [0, 0.05) is 13.1 Å². The number of hydrogen-bond donors (Lipinski definition) is 2. The van der Waals surface area contributed by atoms with Crippen LogP contribution < -0.4 is 10.6 Å². The van der Waals surface area contributed by atoms with Crippen LogP contribution in [0.1, 0.15) is 18.1 Å². The van der Waals surface area contributed by atoms with Crippen LogP contribution in [0.5, 0.6) is 0 Å². The molecule has 0 fully saturated rings. The Hall–Kier alpha value is -1.68. The number of sulfone groups is 1. The van der Waals surface area contributed by atoms with Crippen LogP contribution in [0.3, 0.4) is 0 Å². The molecule has 0 aliphatic rings. The SMILES string of the molecule is CCNC(=NCc1ccc(C)c(F)c1)NCCS(=O)(=O)c1ccccc1.I. The van der Waals surface area contributed by atoms with Gasteiger partial charge in [-0.2, -0.15) is 0 Å². The van der Waals surface area contributed by atoms with Crippen molar-refractivity contribution in [1.82, 2.24) is 10.6 Å². The van der Waals surface area contributed by atoms with Crippen LogP contribution in [0.2, 0.25) is 0 Å². The predicted molar refractivity (Wildman–Crippen MR) is 118 cm³/mol. The Morgan fingerprint density at radius 3 is 2.44 bits per heavy atom. The Labute approximate surface area is 177 Å². The molecule has 0 aliphatic heterocycles. The van der Waals surface area contributed by atoms with Crippen LogP contribution in [0.25, 0.3) is 0 Å². The summed E-state index contributed by atoms with van der Waals surface area (Å²) in [6.07, 6.45) is 0. The molecule has 0 unspecified atom stereocenters. The highest BCUT2D eigenvalue weighted by molar-refractivity contribution is 14.0. The monoisotopic (exact) mass is 505 g/mol. The maximum Gasteiger partial charge on any atom is 0.191 e. The quantitative estimate of drug-likeness (QED) is 0.345. The average molecular weight is 505 g/mol. The van der Waals surface area contributed by atoms with Gasteiger partial charge in [-0.1, -0.05) is 30.3 Å². The summed E-state index contributed by atoms with van der Waals surface area (Å²) in [5, 5.41) is 6.06. The van der Waals surface area contributed by atoms with Gasteiger partial charge in [0.25, 0.3) is 0 Å². The van der Waals surface area contributed by atoms with Crippen LogP contribution in [0, 0.1) is 12.7 Å². The molecule has 0 aliphatic carbocycles. The molecule has 0 saturated carbocycles. The third-order valence-corrected chi connectivity index (χ3v) is 5.50. The molecule has 148 valence electrons. The lowest BCUT2D eigenvalue weighted by Gasteiger charge is -2.12. The summed E-state index contributed by atoms with van der Waals surface area (Å²) in [6.45, 7) is 4.80. The van der Waals surface area contributed by atoms with E-state index in [1.807, 2.05) is 13.0 Å². The number of rotatable bonds is 7. The lowest BCUT2D eigenvalue weighted by Crippen LogP contribution is -2.39. The molecule has 0 atom stereocenters. The van der Waals surface area contributed by atoms with Crippen LogP contribution in [0.15, 0.2) is 58.4 Å². The minimum Gasteiger partial charge on any atom is -0.357 e. The second-order valence-electron chi connectivity index (χ2n) is 5.84. The second kappa shape index (κ2) is 11.2. The average Bonchev–Trinajstić information content (AvgIpc) is 2.63. The van der Waals surface area contributed by atoms with Gasteiger partial charge < -0.3 is 10.6 Å². The highest BCUT2D eigenvalue weighted by Crippen LogP contribution is 2.10. The molecule has 0 saturated heterocycles. The Bertz CT molecular complexity index is 859. The summed E-state index contributed by atoms with van der Waals surface area (Å²) in [6, 6.07) is 13.3. The maximum atomic E-state index is 13.6. The minimum atomic E-state index is -3.34. The molecule has 0 aromatic heterocycles. The van der Waals surface area contributed by atoms with Crippen LogP contribution in [-0.2, 0) is 16.4 Å². The van der Waals surface area contributed by atoms with Gasteiger partial charge in [0.05, 0.1) is 17.2 Å². The van der Waals surface area contributed by atoms with Gasteiger partial charge in [0.1, 0.15) is 5.82 Å². The fraction of sp³-hybridized carbons (Fsp3) is 0.316. The van der Waals surface area contributed by atoms with E-state index in [0.29, 0.717) is 29.5 Å². The van der Waals surface area contributed by atoms with Crippen LogP contribution in [0.4, 0.5) is 4.39 Å². The first-order chi connectivity index (χ1) is 12.4. The topological polar surface area (TPSA) is 70.6 Å². The Balaban J connectivity index is 0.00000364. The first-order valence-corrected chi connectivity index (χ1v) is 10.1. The standard InChI is InChI=1S/C19H24FN3O2S.HI/c1-3-21-19(23-14-16-10-9-15(2)18(20)13-16)22-11-12-26(24,25)17-7-5-4-6-8-17;/h4-10,13H,3,11-12,14H2,1-2H3,(H2,21,22,23);1H. The van der Waals surface area contributed by atoms with Crippen molar-refractivity contribution in [2.24, 2.45) is 4.99 Å². The first kappa shape index (κ1) is 23.4. The molecule has 0 spiro atoms. The number of guanidine groups is 1. The number of aliphatic imine (C=N–C) groups is 1. The summed E-state index contributed by atoms with van der Waals surface area (Å²) in [7, 11) is -3.34. The van der Waals surface area contributed by atoms with Gasteiger partial charge in [-0.25, -0.2) is 17.8 Å². The Morgan fingerprint density at radius 1 is 1.11 bits per heavy atom. The number of benzene rings is 2. The van der Waals surface area contributed by atoms with Crippen LogP contribution >= 0.6 is 24.0 Å². The van der Waals surface area contributed by atoms with E-state index < -0.39 is 9.84 Å². The molecular weight excluding hydrogens is 480 g/mol. The second-order valence-corrected chi connectivity index (χ2v) is 7.95. The number of halogens is 2. The summed E-state index contributed by atoms with van der Waals surface area (Å²) in [5.74, 6) is 0.196. The molecule has 0 radical (unpaired) electrons. The zero-order chi connectivity index (χ0) is 19.0. The van der Waals surface area contributed by atoms with E-state index in [-0.39, 0.29) is 42.1 Å². The van der Waals surface area contributed by atoms with Crippen molar-refractivity contribution in [2.75, 3.05) is 18.8 Å². The summed E-state index contributed by atoms with van der Waals surface area (Å²) in [4.78, 5) is 4.68. The molecule has 2 aromatic rings. The van der Waals surface area contributed by atoms with Gasteiger partial charge in [0.2, 0.25) is 0 Å². The molecule has 27 heavy (non-hydrogen) atoms. The molecule has 2 rings (SSSR count). The number of aryl methyl sites for hydroxylation is 1. The van der Waals surface area contributed by atoms with Gasteiger partial charge in [-0.3, -0.25) is 0 Å². The van der Waals surface area contributed by atoms with Gasteiger partial charge in [-0.05, 0) is 43.2 Å². The lowest BCUT2D eigenvalue weighted by molar-refractivity contribution is 0.594. The van der Waals surface area contributed by atoms with Gasteiger partial charge in [-0.15, -0.1) is 24.0 Å². The van der Waals surface area contributed by atoms with Gasteiger partial charge in [0.15, 0.2) is 15.8 Å². The first-order valence-electron chi connectivity index (χ1n) is 8.47. The Morgan fingerprint density at radius 2 is 1.81 bits per heavy atom. The van der Waals surface area contributed by atoms with Crippen molar-refractivity contribution in [3.63, 3.8) is 0 Å². The highest BCUT2D eigenvalue weighted by Gasteiger charge is 2.13. The zero-order valence-corrected chi connectivity index (χ0v) is 18.6. The van der Waals surface area contributed by atoms with E-state index in [1.54, 1.807) is 43.3 Å². The fourth-order valence-electron chi connectivity index (χ4n) is 2.30. The van der Waals surface area contributed by atoms with Crippen molar-refractivity contribution in [2.45, 2.75) is 25.3 Å². The molecule has 2 aromatic carbocycles. The van der Waals surface area contributed by atoms with Crippen LogP contribution in [-0.4, -0.2) is 33.2 Å². The molecule has 2 N–H and O–H groups in total. The summed E-state index contributed by atoms with van der Waals surface area (Å²) in [5.41, 5.74) is 1.34. The van der Waals surface area contributed by atoms with E-state index in [4.69, 9.17) is 0 Å². The number of nitrogens with zero attached hydrogens (tertiary/aromatic N) is 1. The van der Waals surface area contributed by atoms with E-state index in [0.717, 1.165) is 5.56 Å².